The van der Waals surface area contributed by atoms with E-state index < -0.39 is 0 Å². The zero-order valence-corrected chi connectivity index (χ0v) is 15.8. The molecular formula is C20H21FN4OS. The van der Waals surface area contributed by atoms with Gasteiger partial charge in [-0.05, 0) is 48.2 Å². The van der Waals surface area contributed by atoms with E-state index in [0.717, 1.165) is 24.6 Å². The van der Waals surface area contributed by atoms with Crippen LogP contribution in [0.1, 0.15) is 17.4 Å². The van der Waals surface area contributed by atoms with Crippen molar-refractivity contribution in [2.24, 2.45) is 4.99 Å². The Kier molecular flexibility index (Phi) is 6.76. The van der Waals surface area contributed by atoms with Crippen molar-refractivity contribution in [2.45, 2.75) is 20.0 Å². The molecule has 0 atom stereocenters. The van der Waals surface area contributed by atoms with Gasteiger partial charge in [0.05, 0.1) is 13.1 Å². The highest BCUT2D eigenvalue weighted by Crippen LogP contribution is 2.19. The molecule has 0 unspecified atom stereocenters. The van der Waals surface area contributed by atoms with Gasteiger partial charge in [0, 0.05) is 23.7 Å². The van der Waals surface area contributed by atoms with Crippen LogP contribution in [-0.4, -0.2) is 17.5 Å². The molecule has 5 nitrogen and oxygen atoms in total. The maximum atomic E-state index is 12.9. The largest absolute Gasteiger partial charge is 0.439 e. The van der Waals surface area contributed by atoms with E-state index in [1.54, 1.807) is 35.7 Å². The average molecular weight is 384 g/mol. The predicted octanol–water partition coefficient (Wildman–Crippen LogP) is 4.33. The Hall–Kier alpha value is -2.93. The third-order valence-corrected chi connectivity index (χ3v) is 4.48. The van der Waals surface area contributed by atoms with Crippen LogP contribution in [0.5, 0.6) is 11.6 Å². The normalized spacial score (nSPS) is 11.3. The molecule has 0 radical (unpaired) electrons. The molecule has 1 aromatic carbocycles. The molecular weight excluding hydrogens is 363 g/mol. The number of hydrogen-bond acceptors (Lipinski definition) is 4. The van der Waals surface area contributed by atoms with Gasteiger partial charge >= 0.3 is 0 Å². The number of ether oxygens (including phenoxy) is 1. The molecule has 3 rings (SSSR count). The minimum Gasteiger partial charge on any atom is -0.439 e. The van der Waals surface area contributed by atoms with Gasteiger partial charge < -0.3 is 15.4 Å². The van der Waals surface area contributed by atoms with E-state index in [1.807, 2.05) is 19.1 Å². The maximum Gasteiger partial charge on any atom is 0.219 e. The second-order valence-corrected chi connectivity index (χ2v) is 6.72. The SMILES string of the molecule is CCNC(=NCc1ccc(Oc2ccc(F)cc2)nc1)NCc1cccs1. The highest BCUT2D eigenvalue weighted by molar-refractivity contribution is 7.09. The molecule has 0 amide bonds. The maximum absolute atomic E-state index is 12.9. The van der Waals surface area contributed by atoms with Crippen LogP contribution < -0.4 is 15.4 Å². The minimum absolute atomic E-state index is 0.298. The van der Waals surface area contributed by atoms with Gasteiger partial charge in [0.15, 0.2) is 5.96 Å². The van der Waals surface area contributed by atoms with Crippen LogP contribution in [0.15, 0.2) is 65.1 Å². The minimum atomic E-state index is -0.298. The lowest BCUT2D eigenvalue weighted by atomic mass is 10.3. The lowest BCUT2D eigenvalue weighted by molar-refractivity contribution is 0.461. The summed E-state index contributed by atoms with van der Waals surface area (Å²) in [6.07, 6.45) is 1.73. The van der Waals surface area contributed by atoms with Crippen molar-refractivity contribution in [3.63, 3.8) is 0 Å². The van der Waals surface area contributed by atoms with E-state index in [2.05, 4.69) is 32.1 Å². The van der Waals surface area contributed by atoms with Crippen LogP contribution >= 0.6 is 11.3 Å². The highest BCUT2D eigenvalue weighted by atomic mass is 32.1. The molecule has 0 saturated carbocycles. The van der Waals surface area contributed by atoms with Crippen LogP contribution in [-0.2, 0) is 13.1 Å². The summed E-state index contributed by atoms with van der Waals surface area (Å²) in [7, 11) is 0. The molecule has 7 heteroatoms. The van der Waals surface area contributed by atoms with Gasteiger partial charge in [0.25, 0.3) is 0 Å². The van der Waals surface area contributed by atoms with Gasteiger partial charge in [-0.3, -0.25) is 0 Å². The van der Waals surface area contributed by atoms with E-state index in [9.17, 15) is 4.39 Å². The molecule has 27 heavy (non-hydrogen) atoms. The van der Waals surface area contributed by atoms with Gasteiger partial charge in [-0.1, -0.05) is 12.1 Å². The molecule has 0 spiro atoms. The van der Waals surface area contributed by atoms with Gasteiger partial charge in [0.1, 0.15) is 11.6 Å². The Bertz CT molecular complexity index is 849. The number of rotatable bonds is 7. The van der Waals surface area contributed by atoms with Crippen molar-refractivity contribution in [3.05, 3.63) is 76.4 Å². The third-order valence-electron chi connectivity index (χ3n) is 3.61. The van der Waals surface area contributed by atoms with Crippen LogP contribution in [0, 0.1) is 5.82 Å². The lowest BCUT2D eigenvalue weighted by Crippen LogP contribution is -2.36. The first kappa shape index (κ1) is 18.8. The second kappa shape index (κ2) is 9.68. The average Bonchev–Trinajstić information content (AvgIpc) is 3.21. The van der Waals surface area contributed by atoms with E-state index in [0.29, 0.717) is 18.2 Å². The fraction of sp³-hybridized carbons (Fsp3) is 0.200. The Morgan fingerprint density at radius 3 is 2.67 bits per heavy atom. The first-order valence-electron chi connectivity index (χ1n) is 8.66. The van der Waals surface area contributed by atoms with Crippen LogP contribution in [0.2, 0.25) is 0 Å². The molecule has 0 bridgehead atoms. The number of guanidine groups is 1. The van der Waals surface area contributed by atoms with Gasteiger partial charge in [-0.25, -0.2) is 14.4 Å². The zero-order chi connectivity index (χ0) is 18.9. The molecule has 0 saturated heterocycles. The van der Waals surface area contributed by atoms with E-state index in [-0.39, 0.29) is 5.82 Å². The van der Waals surface area contributed by atoms with Gasteiger partial charge in [-0.2, -0.15) is 0 Å². The number of pyridine rings is 1. The van der Waals surface area contributed by atoms with Gasteiger partial charge in [-0.15, -0.1) is 11.3 Å². The van der Waals surface area contributed by atoms with Gasteiger partial charge in [0.2, 0.25) is 5.88 Å². The number of halogens is 1. The quantitative estimate of drug-likeness (QED) is 0.470. The molecule has 0 aliphatic rings. The Morgan fingerprint density at radius 1 is 1.15 bits per heavy atom. The number of nitrogens with zero attached hydrogens (tertiary/aromatic N) is 2. The fourth-order valence-electron chi connectivity index (χ4n) is 2.28. The second-order valence-electron chi connectivity index (χ2n) is 5.69. The molecule has 0 aliphatic carbocycles. The molecule has 140 valence electrons. The highest BCUT2D eigenvalue weighted by Gasteiger charge is 2.02. The summed E-state index contributed by atoms with van der Waals surface area (Å²) in [5, 5.41) is 8.61. The number of thiophene rings is 1. The number of nitrogens with one attached hydrogen (secondary N) is 2. The number of aromatic nitrogens is 1. The number of aliphatic imine (C=N–C) groups is 1. The third kappa shape index (κ3) is 6.07. The summed E-state index contributed by atoms with van der Waals surface area (Å²) in [6, 6.07) is 13.7. The summed E-state index contributed by atoms with van der Waals surface area (Å²) < 4.78 is 18.5. The smallest absolute Gasteiger partial charge is 0.219 e. The fourth-order valence-corrected chi connectivity index (χ4v) is 2.93. The monoisotopic (exact) mass is 384 g/mol. The zero-order valence-electron chi connectivity index (χ0n) is 15.0. The first-order chi connectivity index (χ1) is 13.2. The van der Waals surface area contributed by atoms with Crippen molar-refractivity contribution >= 4 is 17.3 Å². The van der Waals surface area contributed by atoms with Crippen molar-refractivity contribution in [1.29, 1.82) is 0 Å². The summed E-state index contributed by atoms with van der Waals surface area (Å²) in [5.74, 6) is 1.46. The Morgan fingerprint density at radius 2 is 2.00 bits per heavy atom. The van der Waals surface area contributed by atoms with Crippen LogP contribution in [0.3, 0.4) is 0 Å². The van der Waals surface area contributed by atoms with Crippen molar-refractivity contribution in [2.75, 3.05) is 6.54 Å². The summed E-state index contributed by atoms with van der Waals surface area (Å²) in [4.78, 5) is 10.1. The predicted molar refractivity (Wildman–Crippen MR) is 107 cm³/mol. The van der Waals surface area contributed by atoms with E-state index in [1.165, 1.54) is 17.0 Å². The van der Waals surface area contributed by atoms with Crippen molar-refractivity contribution < 1.29 is 9.13 Å². The topological polar surface area (TPSA) is 58.5 Å². The summed E-state index contributed by atoms with van der Waals surface area (Å²) >= 11 is 1.71. The number of benzene rings is 1. The standard InChI is InChI=1S/C20H21FN4OS/c1-2-22-20(25-14-18-4-3-11-27-18)24-13-15-5-10-19(23-12-15)26-17-8-6-16(21)7-9-17/h3-12H,2,13-14H2,1H3,(H2,22,24,25). The van der Waals surface area contributed by atoms with E-state index in [4.69, 9.17) is 4.74 Å². The molecule has 0 aliphatic heterocycles. The van der Waals surface area contributed by atoms with Crippen molar-refractivity contribution in [1.82, 2.24) is 15.6 Å². The lowest BCUT2D eigenvalue weighted by Gasteiger charge is -2.10. The van der Waals surface area contributed by atoms with Crippen LogP contribution in [0.25, 0.3) is 0 Å². The Labute approximate surface area is 162 Å². The summed E-state index contributed by atoms with van der Waals surface area (Å²) in [6.45, 7) is 4.07. The molecule has 2 heterocycles. The van der Waals surface area contributed by atoms with E-state index >= 15 is 0 Å². The van der Waals surface area contributed by atoms with Crippen molar-refractivity contribution in [3.8, 4) is 11.6 Å². The van der Waals surface area contributed by atoms with Crippen LogP contribution in [0.4, 0.5) is 4.39 Å². The Balaban J connectivity index is 1.56. The summed E-state index contributed by atoms with van der Waals surface area (Å²) in [5.41, 5.74) is 0.967. The molecule has 2 aromatic heterocycles. The molecule has 3 aromatic rings. The first-order valence-corrected chi connectivity index (χ1v) is 9.54. The number of hydrogen-bond donors (Lipinski definition) is 2. The molecule has 0 fully saturated rings. The molecule has 2 N–H and O–H groups in total.